The Bertz CT molecular complexity index is 289. The van der Waals surface area contributed by atoms with Crippen molar-refractivity contribution in [3.8, 4) is 6.07 Å². The van der Waals surface area contributed by atoms with E-state index in [2.05, 4.69) is 25.1 Å². The lowest BCUT2D eigenvalue weighted by atomic mass is 10.1. The SMILES string of the molecule is C[C@@H](C#N)[C@@H](C)Sc1ccccc1. The maximum atomic E-state index is 8.72. The zero-order valence-corrected chi connectivity index (χ0v) is 8.71. The molecule has 68 valence electrons. The van der Waals surface area contributed by atoms with E-state index in [1.165, 1.54) is 4.90 Å². The molecular weight excluding hydrogens is 178 g/mol. The Morgan fingerprint density at radius 1 is 1.23 bits per heavy atom. The lowest BCUT2D eigenvalue weighted by molar-refractivity contribution is 0.731. The van der Waals surface area contributed by atoms with Gasteiger partial charge in [0, 0.05) is 10.1 Å². The monoisotopic (exact) mass is 191 g/mol. The third-order valence-electron chi connectivity index (χ3n) is 1.97. The normalized spacial score (nSPS) is 14.5. The van der Waals surface area contributed by atoms with Crippen LogP contribution in [0.15, 0.2) is 35.2 Å². The Hall–Kier alpha value is -0.940. The van der Waals surface area contributed by atoms with Crippen molar-refractivity contribution in [3.05, 3.63) is 30.3 Å². The largest absolute Gasteiger partial charge is 0.198 e. The van der Waals surface area contributed by atoms with Crippen LogP contribution in [0.1, 0.15) is 13.8 Å². The van der Waals surface area contributed by atoms with Crippen LogP contribution in [0.2, 0.25) is 0 Å². The van der Waals surface area contributed by atoms with Crippen LogP contribution in [0.5, 0.6) is 0 Å². The highest BCUT2D eigenvalue weighted by Gasteiger charge is 2.11. The number of rotatable bonds is 3. The molecule has 0 amide bonds. The predicted molar refractivity (Wildman–Crippen MR) is 56.5 cm³/mol. The van der Waals surface area contributed by atoms with E-state index >= 15 is 0 Å². The molecule has 2 heteroatoms. The van der Waals surface area contributed by atoms with Gasteiger partial charge in [-0.3, -0.25) is 0 Å². The Balaban J connectivity index is 2.56. The summed E-state index contributed by atoms with van der Waals surface area (Å²) in [5.41, 5.74) is 0. The number of nitrogens with zero attached hydrogens (tertiary/aromatic N) is 1. The molecule has 13 heavy (non-hydrogen) atoms. The molecule has 0 radical (unpaired) electrons. The van der Waals surface area contributed by atoms with Gasteiger partial charge in [0.1, 0.15) is 0 Å². The maximum absolute atomic E-state index is 8.72. The van der Waals surface area contributed by atoms with Gasteiger partial charge < -0.3 is 0 Å². The molecule has 0 bridgehead atoms. The molecule has 0 aliphatic rings. The van der Waals surface area contributed by atoms with Crippen molar-refractivity contribution >= 4 is 11.8 Å². The summed E-state index contributed by atoms with van der Waals surface area (Å²) in [6.07, 6.45) is 0. The number of hydrogen-bond donors (Lipinski definition) is 0. The molecule has 0 N–H and O–H groups in total. The molecule has 0 aliphatic carbocycles. The Labute approximate surface area is 83.8 Å². The topological polar surface area (TPSA) is 23.8 Å². The van der Waals surface area contributed by atoms with Gasteiger partial charge in [-0.25, -0.2) is 0 Å². The van der Waals surface area contributed by atoms with E-state index in [0.717, 1.165) is 0 Å². The number of thioether (sulfide) groups is 1. The van der Waals surface area contributed by atoms with Gasteiger partial charge in [-0.05, 0) is 19.1 Å². The standard InChI is InChI=1S/C11H13NS/c1-9(8-12)10(2)13-11-6-4-3-5-7-11/h3-7,9-10H,1-2H3/t9-,10+/m0/s1. The highest BCUT2D eigenvalue weighted by Crippen LogP contribution is 2.26. The minimum Gasteiger partial charge on any atom is -0.198 e. The van der Waals surface area contributed by atoms with E-state index in [-0.39, 0.29) is 5.92 Å². The molecule has 0 saturated carbocycles. The summed E-state index contributed by atoms with van der Waals surface area (Å²) in [5.74, 6) is 0.102. The van der Waals surface area contributed by atoms with Crippen LogP contribution in [-0.4, -0.2) is 5.25 Å². The van der Waals surface area contributed by atoms with Crippen molar-refractivity contribution in [1.29, 1.82) is 5.26 Å². The minimum absolute atomic E-state index is 0.102. The Kier molecular flexibility index (Phi) is 3.85. The fourth-order valence-electron chi connectivity index (χ4n) is 0.921. The number of nitriles is 1. The summed E-state index contributed by atoms with van der Waals surface area (Å²) in [4.78, 5) is 1.23. The quantitative estimate of drug-likeness (QED) is 0.684. The first kappa shape index (κ1) is 10.1. The summed E-state index contributed by atoms with van der Waals surface area (Å²) >= 11 is 1.75. The second kappa shape index (κ2) is 4.94. The molecule has 0 unspecified atom stereocenters. The smallest absolute Gasteiger partial charge is 0.0664 e. The molecule has 0 saturated heterocycles. The van der Waals surface area contributed by atoms with Gasteiger partial charge in [0.25, 0.3) is 0 Å². The van der Waals surface area contributed by atoms with Crippen molar-refractivity contribution in [2.24, 2.45) is 5.92 Å². The van der Waals surface area contributed by atoms with Crippen molar-refractivity contribution in [1.82, 2.24) is 0 Å². The van der Waals surface area contributed by atoms with E-state index in [0.29, 0.717) is 5.25 Å². The van der Waals surface area contributed by atoms with Gasteiger partial charge in [0.2, 0.25) is 0 Å². The molecule has 1 rings (SSSR count). The van der Waals surface area contributed by atoms with E-state index in [4.69, 9.17) is 5.26 Å². The van der Waals surface area contributed by atoms with Crippen molar-refractivity contribution in [2.45, 2.75) is 24.0 Å². The van der Waals surface area contributed by atoms with Crippen molar-refractivity contribution in [3.63, 3.8) is 0 Å². The van der Waals surface area contributed by atoms with Crippen LogP contribution < -0.4 is 0 Å². The molecule has 0 aliphatic heterocycles. The second-order valence-electron chi connectivity index (χ2n) is 3.05. The van der Waals surface area contributed by atoms with Crippen LogP contribution in [0, 0.1) is 17.2 Å². The minimum atomic E-state index is 0.102. The van der Waals surface area contributed by atoms with Gasteiger partial charge in [-0.15, -0.1) is 11.8 Å². The summed E-state index contributed by atoms with van der Waals surface area (Å²) in [7, 11) is 0. The maximum Gasteiger partial charge on any atom is 0.0664 e. The molecule has 0 aromatic heterocycles. The van der Waals surface area contributed by atoms with Gasteiger partial charge in [-0.1, -0.05) is 25.1 Å². The molecule has 1 nitrogen and oxygen atoms in total. The van der Waals surface area contributed by atoms with Crippen LogP contribution in [-0.2, 0) is 0 Å². The predicted octanol–water partition coefficient (Wildman–Crippen LogP) is 3.33. The van der Waals surface area contributed by atoms with E-state index in [9.17, 15) is 0 Å². The fraction of sp³-hybridized carbons (Fsp3) is 0.364. The molecule has 0 heterocycles. The summed E-state index contributed by atoms with van der Waals surface area (Å²) in [5, 5.41) is 9.07. The average molecular weight is 191 g/mol. The fourth-order valence-corrected chi connectivity index (χ4v) is 1.93. The number of benzene rings is 1. The van der Waals surface area contributed by atoms with Gasteiger partial charge in [-0.2, -0.15) is 5.26 Å². The van der Waals surface area contributed by atoms with Gasteiger partial charge in [0.15, 0.2) is 0 Å². The third-order valence-corrected chi connectivity index (χ3v) is 3.30. The Morgan fingerprint density at radius 3 is 2.38 bits per heavy atom. The van der Waals surface area contributed by atoms with E-state index < -0.39 is 0 Å². The molecule has 0 spiro atoms. The van der Waals surface area contributed by atoms with Crippen LogP contribution in [0.3, 0.4) is 0 Å². The Morgan fingerprint density at radius 2 is 1.85 bits per heavy atom. The molecule has 0 fully saturated rings. The zero-order chi connectivity index (χ0) is 9.68. The second-order valence-corrected chi connectivity index (χ2v) is 4.50. The first-order valence-electron chi connectivity index (χ1n) is 4.35. The third kappa shape index (κ3) is 3.12. The highest BCUT2D eigenvalue weighted by atomic mass is 32.2. The molecule has 2 atom stereocenters. The first-order chi connectivity index (χ1) is 6.24. The average Bonchev–Trinajstić information content (AvgIpc) is 2.18. The molecular formula is C11H13NS. The highest BCUT2D eigenvalue weighted by molar-refractivity contribution is 8.00. The zero-order valence-electron chi connectivity index (χ0n) is 7.90. The van der Waals surface area contributed by atoms with Crippen LogP contribution in [0.25, 0.3) is 0 Å². The van der Waals surface area contributed by atoms with Crippen molar-refractivity contribution in [2.75, 3.05) is 0 Å². The summed E-state index contributed by atoms with van der Waals surface area (Å²) in [6.45, 7) is 4.05. The van der Waals surface area contributed by atoms with E-state index in [1.54, 1.807) is 11.8 Å². The first-order valence-corrected chi connectivity index (χ1v) is 5.23. The van der Waals surface area contributed by atoms with Crippen LogP contribution >= 0.6 is 11.8 Å². The summed E-state index contributed by atoms with van der Waals surface area (Å²) < 4.78 is 0. The molecule has 1 aromatic carbocycles. The van der Waals surface area contributed by atoms with Gasteiger partial charge in [0.05, 0.1) is 12.0 Å². The van der Waals surface area contributed by atoms with Gasteiger partial charge >= 0.3 is 0 Å². The lowest BCUT2D eigenvalue weighted by Crippen LogP contribution is -2.06. The number of hydrogen-bond acceptors (Lipinski definition) is 2. The van der Waals surface area contributed by atoms with Crippen LogP contribution in [0.4, 0.5) is 0 Å². The molecule has 1 aromatic rings. The lowest BCUT2D eigenvalue weighted by Gasteiger charge is -2.12. The van der Waals surface area contributed by atoms with E-state index in [1.807, 2.05) is 25.1 Å². The summed E-state index contributed by atoms with van der Waals surface area (Å²) in [6, 6.07) is 12.5. The van der Waals surface area contributed by atoms with Crippen molar-refractivity contribution < 1.29 is 0 Å².